The summed E-state index contributed by atoms with van der Waals surface area (Å²) >= 11 is 0. The third kappa shape index (κ3) is 4.24. The summed E-state index contributed by atoms with van der Waals surface area (Å²) in [6.45, 7) is 3.47. The van der Waals surface area contributed by atoms with Crippen LogP contribution in [-0.4, -0.2) is 19.4 Å². The van der Waals surface area contributed by atoms with Crippen molar-refractivity contribution in [2.24, 2.45) is 5.92 Å². The SMILES string of the molecule is CO[C@@H](CC(C)C)C(F)(F)F. The van der Waals surface area contributed by atoms with E-state index in [0.717, 1.165) is 7.11 Å². The maximum atomic E-state index is 12.0. The van der Waals surface area contributed by atoms with Crippen molar-refractivity contribution >= 4 is 0 Å². The average Bonchev–Trinajstić information content (AvgIpc) is 1.79. The Morgan fingerprint density at radius 3 is 1.82 bits per heavy atom. The van der Waals surface area contributed by atoms with Crippen LogP contribution in [0.2, 0.25) is 0 Å². The topological polar surface area (TPSA) is 9.23 Å². The fourth-order valence-corrected chi connectivity index (χ4v) is 0.792. The Kier molecular flexibility index (Phi) is 3.86. The first kappa shape index (κ1) is 10.8. The normalized spacial score (nSPS) is 15.5. The van der Waals surface area contributed by atoms with Gasteiger partial charge in [-0.25, -0.2) is 0 Å². The number of rotatable bonds is 3. The lowest BCUT2D eigenvalue weighted by Crippen LogP contribution is -2.31. The zero-order chi connectivity index (χ0) is 9.07. The van der Waals surface area contributed by atoms with Gasteiger partial charge in [0.2, 0.25) is 0 Å². The minimum atomic E-state index is -4.22. The molecule has 1 nitrogen and oxygen atoms in total. The monoisotopic (exact) mass is 170 g/mol. The van der Waals surface area contributed by atoms with Gasteiger partial charge in [-0.2, -0.15) is 13.2 Å². The molecule has 0 aromatic carbocycles. The third-order valence-corrected chi connectivity index (χ3v) is 1.34. The van der Waals surface area contributed by atoms with Gasteiger partial charge >= 0.3 is 6.18 Å². The summed E-state index contributed by atoms with van der Waals surface area (Å²) in [4.78, 5) is 0. The maximum Gasteiger partial charge on any atom is 0.414 e. The van der Waals surface area contributed by atoms with Gasteiger partial charge in [-0.15, -0.1) is 0 Å². The Morgan fingerprint density at radius 2 is 1.73 bits per heavy atom. The molecule has 11 heavy (non-hydrogen) atoms. The molecule has 0 rings (SSSR count). The molecule has 0 aliphatic carbocycles. The lowest BCUT2D eigenvalue weighted by molar-refractivity contribution is -0.216. The number of ether oxygens (including phenoxy) is 1. The molecule has 0 saturated carbocycles. The Balaban J connectivity index is 3.96. The molecule has 0 saturated heterocycles. The minimum absolute atomic E-state index is 0.00146. The van der Waals surface area contributed by atoms with Crippen molar-refractivity contribution in [3.8, 4) is 0 Å². The molecule has 0 bridgehead atoms. The summed E-state index contributed by atoms with van der Waals surface area (Å²) in [7, 11) is 1.08. The number of methoxy groups -OCH3 is 1. The van der Waals surface area contributed by atoms with Gasteiger partial charge in [-0.1, -0.05) is 13.8 Å². The van der Waals surface area contributed by atoms with Crippen LogP contribution in [0.15, 0.2) is 0 Å². The highest BCUT2D eigenvalue weighted by Gasteiger charge is 2.39. The van der Waals surface area contributed by atoms with E-state index >= 15 is 0 Å². The van der Waals surface area contributed by atoms with Gasteiger partial charge < -0.3 is 4.74 Å². The molecule has 0 aliphatic rings. The van der Waals surface area contributed by atoms with Crippen LogP contribution in [0.5, 0.6) is 0 Å². The van der Waals surface area contributed by atoms with Gasteiger partial charge in [0, 0.05) is 7.11 Å². The molecule has 1 atom stereocenters. The molecular weight excluding hydrogens is 157 g/mol. The summed E-state index contributed by atoms with van der Waals surface area (Å²) in [6, 6.07) is 0. The highest BCUT2D eigenvalue weighted by atomic mass is 19.4. The summed E-state index contributed by atoms with van der Waals surface area (Å²) in [5, 5.41) is 0. The zero-order valence-corrected chi connectivity index (χ0v) is 6.90. The molecule has 0 spiro atoms. The fraction of sp³-hybridized carbons (Fsp3) is 1.00. The Hall–Kier alpha value is -0.250. The van der Waals surface area contributed by atoms with Gasteiger partial charge in [0.05, 0.1) is 0 Å². The van der Waals surface area contributed by atoms with E-state index in [9.17, 15) is 13.2 Å². The van der Waals surface area contributed by atoms with Crippen LogP contribution in [0.25, 0.3) is 0 Å². The van der Waals surface area contributed by atoms with Gasteiger partial charge in [0.15, 0.2) is 6.10 Å². The van der Waals surface area contributed by atoms with E-state index in [2.05, 4.69) is 4.74 Å². The predicted octanol–water partition coefficient (Wildman–Crippen LogP) is 2.61. The van der Waals surface area contributed by atoms with E-state index in [1.54, 1.807) is 13.8 Å². The quantitative estimate of drug-likeness (QED) is 0.632. The maximum absolute atomic E-state index is 12.0. The van der Waals surface area contributed by atoms with Crippen molar-refractivity contribution in [2.45, 2.75) is 32.5 Å². The highest BCUT2D eigenvalue weighted by Crippen LogP contribution is 2.26. The Bertz CT molecular complexity index is 109. The average molecular weight is 170 g/mol. The van der Waals surface area contributed by atoms with Crippen molar-refractivity contribution in [1.29, 1.82) is 0 Å². The van der Waals surface area contributed by atoms with E-state index in [1.807, 2.05) is 0 Å². The molecule has 0 fully saturated rings. The fourth-order valence-electron chi connectivity index (χ4n) is 0.792. The molecule has 0 N–H and O–H groups in total. The van der Waals surface area contributed by atoms with Crippen LogP contribution in [-0.2, 0) is 4.74 Å². The second-order valence-electron chi connectivity index (χ2n) is 2.90. The number of hydrogen-bond acceptors (Lipinski definition) is 1. The smallest absolute Gasteiger partial charge is 0.372 e. The Labute approximate surface area is 64.5 Å². The minimum Gasteiger partial charge on any atom is -0.372 e. The number of hydrogen-bond donors (Lipinski definition) is 0. The van der Waals surface area contributed by atoms with Crippen molar-refractivity contribution in [3.63, 3.8) is 0 Å². The van der Waals surface area contributed by atoms with E-state index in [1.165, 1.54) is 0 Å². The van der Waals surface area contributed by atoms with Crippen LogP contribution in [0.3, 0.4) is 0 Å². The van der Waals surface area contributed by atoms with Crippen LogP contribution in [0.1, 0.15) is 20.3 Å². The summed E-state index contributed by atoms with van der Waals surface area (Å²) in [6.07, 6.45) is -5.80. The summed E-state index contributed by atoms with van der Waals surface area (Å²) < 4.78 is 40.2. The van der Waals surface area contributed by atoms with Gasteiger partial charge in [-0.3, -0.25) is 0 Å². The van der Waals surface area contributed by atoms with Gasteiger partial charge in [-0.05, 0) is 12.3 Å². The molecule has 0 unspecified atom stereocenters. The molecule has 0 aromatic heterocycles. The van der Waals surface area contributed by atoms with E-state index in [-0.39, 0.29) is 12.3 Å². The van der Waals surface area contributed by atoms with Crippen LogP contribution in [0, 0.1) is 5.92 Å². The predicted molar refractivity (Wildman–Crippen MR) is 36.3 cm³/mol. The number of halogens is 3. The number of alkyl halides is 3. The van der Waals surface area contributed by atoms with Crippen molar-refractivity contribution in [1.82, 2.24) is 0 Å². The second kappa shape index (κ2) is 3.95. The van der Waals surface area contributed by atoms with Crippen LogP contribution < -0.4 is 0 Å². The first-order chi connectivity index (χ1) is 4.88. The molecule has 0 aliphatic heterocycles. The van der Waals surface area contributed by atoms with Crippen molar-refractivity contribution in [2.75, 3.05) is 7.11 Å². The molecule has 68 valence electrons. The van der Waals surface area contributed by atoms with E-state index < -0.39 is 12.3 Å². The van der Waals surface area contributed by atoms with Crippen LogP contribution >= 0.6 is 0 Å². The third-order valence-electron chi connectivity index (χ3n) is 1.34. The highest BCUT2D eigenvalue weighted by molar-refractivity contribution is 4.68. The molecule has 0 radical (unpaired) electrons. The first-order valence-electron chi connectivity index (χ1n) is 3.47. The molecule has 0 heterocycles. The first-order valence-corrected chi connectivity index (χ1v) is 3.47. The lowest BCUT2D eigenvalue weighted by atomic mass is 10.1. The standard InChI is InChI=1S/C7H13F3O/c1-5(2)4-6(11-3)7(8,9)10/h5-6H,4H2,1-3H3/t6-/m0/s1. The second-order valence-corrected chi connectivity index (χ2v) is 2.90. The largest absolute Gasteiger partial charge is 0.414 e. The van der Waals surface area contributed by atoms with Crippen molar-refractivity contribution < 1.29 is 17.9 Å². The molecule has 0 aromatic rings. The van der Waals surface area contributed by atoms with Crippen LogP contribution in [0.4, 0.5) is 13.2 Å². The van der Waals surface area contributed by atoms with Crippen molar-refractivity contribution in [3.05, 3.63) is 0 Å². The summed E-state index contributed by atoms with van der Waals surface area (Å²) in [5.41, 5.74) is 0. The Morgan fingerprint density at radius 1 is 1.27 bits per heavy atom. The molecular formula is C7H13F3O. The van der Waals surface area contributed by atoms with E-state index in [4.69, 9.17) is 0 Å². The summed E-state index contributed by atoms with van der Waals surface area (Å²) in [5.74, 6) is 0.00146. The molecule has 4 heteroatoms. The zero-order valence-electron chi connectivity index (χ0n) is 6.90. The molecule has 0 amide bonds. The van der Waals surface area contributed by atoms with Gasteiger partial charge in [0.25, 0.3) is 0 Å². The lowest BCUT2D eigenvalue weighted by Gasteiger charge is -2.19. The van der Waals surface area contributed by atoms with E-state index in [0.29, 0.717) is 0 Å². The van der Waals surface area contributed by atoms with Gasteiger partial charge in [0.1, 0.15) is 0 Å².